The Bertz CT molecular complexity index is 92.4. The third kappa shape index (κ3) is 2.11. The molecule has 0 bridgehead atoms. The van der Waals surface area contributed by atoms with E-state index in [1.165, 1.54) is 0 Å². The summed E-state index contributed by atoms with van der Waals surface area (Å²) in [5.41, 5.74) is 0. The van der Waals surface area contributed by atoms with E-state index in [4.69, 9.17) is 4.74 Å². The van der Waals surface area contributed by atoms with Crippen LogP contribution in [-0.2, 0) is 9.53 Å². The molecule has 8 heavy (non-hydrogen) atoms. The summed E-state index contributed by atoms with van der Waals surface area (Å²) in [5.74, 6) is -0.0486. The van der Waals surface area contributed by atoms with Crippen molar-refractivity contribution >= 4 is 33.3 Å². The molecule has 0 N–H and O–H groups in total. The molecule has 1 aliphatic rings. The van der Waals surface area contributed by atoms with Crippen LogP contribution in [0.3, 0.4) is 0 Å². The van der Waals surface area contributed by atoms with Gasteiger partial charge >= 0.3 is 33.3 Å². The van der Waals surface area contributed by atoms with Gasteiger partial charge in [0.25, 0.3) is 0 Å². The average molecular weight is 309 g/mol. The zero-order valence-corrected chi connectivity index (χ0v) is 10.5. The molecule has 2 radical (unpaired) electrons. The van der Waals surface area contributed by atoms with Gasteiger partial charge in [-0.15, -0.1) is 0 Å². The van der Waals surface area contributed by atoms with E-state index in [1.807, 2.05) is 6.92 Å². The average Bonchev–Trinajstić information content (AvgIpc) is 1.87. The van der Waals surface area contributed by atoms with Crippen LogP contribution in [0.4, 0.5) is 0 Å². The van der Waals surface area contributed by atoms with Gasteiger partial charge in [-0.05, 0) is 13.3 Å². The summed E-state index contributed by atoms with van der Waals surface area (Å²) in [4.78, 5) is 10.2. The minimum atomic E-state index is -0.0486. The Morgan fingerprint density at radius 3 is 2.50 bits per heavy atom. The van der Waals surface area contributed by atoms with Crippen molar-refractivity contribution in [3.8, 4) is 0 Å². The third-order valence-electron chi connectivity index (χ3n) is 1.09. The van der Waals surface area contributed by atoms with Crippen molar-refractivity contribution in [3.05, 3.63) is 0 Å². The number of carbonyl (C=O) groups is 1. The molecule has 0 saturated carbocycles. The first-order valence-electron chi connectivity index (χ1n) is 2.48. The predicted molar refractivity (Wildman–Crippen MR) is 33.3 cm³/mol. The van der Waals surface area contributed by atoms with E-state index < -0.39 is 0 Å². The predicted octanol–water partition coefficient (Wildman–Crippen LogP) is -0.204. The Kier molecular flexibility index (Phi) is 3.59. The third-order valence-corrected chi connectivity index (χ3v) is 1.09. The van der Waals surface area contributed by atoms with Crippen LogP contribution < -0.4 is 0 Å². The summed E-state index contributed by atoms with van der Waals surface area (Å²) in [6.45, 7) is 1.91. The summed E-state index contributed by atoms with van der Waals surface area (Å²) < 4.78 is 4.72. The number of esters is 1. The molecule has 1 saturated heterocycles. The molecule has 3 heteroatoms. The van der Waals surface area contributed by atoms with Crippen LogP contribution >= 0.6 is 0 Å². The van der Waals surface area contributed by atoms with E-state index in [-0.39, 0.29) is 39.4 Å². The molecule has 1 fully saturated rings. The van der Waals surface area contributed by atoms with Gasteiger partial charge in [0.15, 0.2) is 0 Å². The van der Waals surface area contributed by atoms with Crippen LogP contribution in [0.15, 0.2) is 0 Å². The molecule has 1 atom stereocenters. The van der Waals surface area contributed by atoms with E-state index in [9.17, 15) is 4.79 Å². The first-order valence-corrected chi connectivity index (χ1v) is 2.48. The molecule has 0 aliphatic carbocycles. The number of cyclic esters (lactones) is 1. The van der Waals surface area contributed by atoms with Crippen molar-refractivity contribution in [1.82, 2.24) is 0 Å². The van der Waals surface area contributed by atoms with Crippen molar-refractivity contribution in [1.29, 1.82) is 0 Å². The van der Waals surface area contributed by atoms with E-state index >= 15 is 0 Å². The van der Waals surface area contributed by atoms with Crippen LogP contribution in [0, 0.1) is 0 Å². The summed E-state index contributed by atoms with van der Waals surface area (Å²) in [6, 6.07) is 0. The second kappa shape index (κ2) is 3.42. The van der Waals surface area contributed by atoms with Crippen LogP contribution in [0.5, 0.6) is 0 Å². The Balaban J connectivity index is 0.000000490. The van der Waals surface area contributed by atoms with E-state index in [0.717, 1.165) is 6.42 Å². The minimum absolute atomic E-state index is 0. The number of hydrogen-bond acceptors (Lipinski definition) is 2. The van der Waals surface area contributed by atoms with Crippen molar-refractivity contribution in [2.75, 3.05) is 0 Å². The molecule has 2 nitrogen and oxygen atoms in total. The second-order valence-corrected chi connectivity index (χ2v) is 1.84. The maximum atomic E-state index is 10.2. The molecular weight excluding hydrogens is 299 g/mol. The zero-order valence-electron chi connectivity index (χ0n) is 5.02. The SMILES string of the molecule is CC1CCC(=O)O1.[PbH2]. The standard InChI is InChI=1S/C5H8O2.Pb.2H/c1-4-2-3-5(6)7-4;;;/h4H,2-3H2,1H3;;;. The molecule has 0 aromatic carbocycles. The Labute approximate surface area is 68.8 Å². The van der Waals surface area contributed by atoms with Crippen LogP contribution in [0.2, 0.25) is 0 Å². The van der Waals surface area contributed by atoms with Gasteiger partial charge in [-0.25, -0.2) is 0 Å². The van der Waals surface area contributed by atoms with Gasteiger partial charge in [-0.3, -0.25) is 4.79 Å². The fraction of sp³-hybridized carbons (Fsp3) is 0.800. The van der Waals surface area contributed by atoms with Crippen LogP contribution in [0.1, 0.15) is 19.8 Å². The molecule has 0 amide bonds. The molecule has 0 aromatic heterocycles. The quantitative estimate of drug-likeness (QED) is 0.457. The van der Waals surface area contributed by atoms with Crippen LogP contribution in [0.25, 0.3) is 0 Å². The molecule has 1 heterocycles. The molecule has 1 rings (SSSR count). The van der Waals surface area contributed by atoms with Gasteiger partial charge in [0.1, 0.15) is 0 Å². The van der Waals surface area contributed by atoms with Crippen molar-refractivity contribution in [3.63, 3.8) is 0 Å². The number of rotatable bonds is 0. The Morgan fingerprint density at radius 1 is 1.75 bits per heavy atom. The number of ether oxygens (including phenoxy) is 1. The molecule has 46 valence electrons. The van der Waals surface area contributed by atoms with Crippen molar-refractivity contribution in [2.45, 2.75) is 25.9 Å². The fourth-order valence-electron chi connectivity index (χ4n) is 0.663. The van der Waals surface area contributed by atoms with Crippen molar-refractivity contribution in [2.24, 2.45) is 0 Å². The number of hydrogen-bond donors (Lipinski definition) is 0. The number of carbonyl (C=O) groups excluding carboxylic acids is 1. The Morgan fingerprint density at radius 2 is 2.38 bits per heavy atom. The summed E-state index contributed by atoms with van der Waals surface area (Å²) in [7, 11) is 0. The van der Waals surface area contributed by atoms with E-state index in [1.54, 1.807) is 0 Å². The van der Waals surface area contributed by atoms with Gasteiger partial charge < -0.3 is 4.74 Å². The van der Waals surface area contributed by atoms with Gasteiger partial charge in [-0.2, -0.15) is 0 Å². The van der Waals surface area contributed by atoms with Gasteiger partial charge in [0, 0.05) is 6.42 Å². The van der Waals surface area contributed by atoms with Gasteiger partial charge in [-0.1, -0.05) is 0 Å². The summed E-state index contributed by atoms with van der Waals surface area (Å²) >= 11 is 0. The van der Waals surface area contributed by atoms with Gasteiger partial charge in [0.2, 0.25) is 0 Å². The molecule has 1 unspecified atom stereocenters. The molecule has 0 aromatic rings. The first-order chi connectivity index (χ1) is 3.29. The van der Waals surface area contributed by atoms with Gasteiger partial charge in [0.05, 0.1) is 6.10 Å². The maximum absolute atomic E-state index is 10.2. The van der Waals surface area contributed by atoms with Crippen molar-refractivity contribution < 1.29 is 9.53 Å². The second-order valence-electron chi connectivity index (χ2n) is 1.84. The molecule has 1 aliphatic heterocycles. The normalized spacial score (nSPS) is 26.6. The van der Waals surface area contributed by atoms with E-state index in [0.29, 0.717) is 6.42 Å². The van der Waals surface area contributed by atoms with E-state index in [2.05, 4.69) is 0 Å². The summed E-state index contributed by atoms with van der Waals surface area (Å²) in [6.07, 6.45) is 1.69. The Hall–Kier alpha value is 0.392. The summed E-state index contributed by atoms with van der Waals surface area (Å²) in [5, 5.41) is 0. The molecular formula is C5H10O2Pb. The zero-order chi connectivity index (χ0) is 5.28. The van der Waals surface area contributed by atoms with Crippen LogP contribution in [-0.4, -0.2) is 39.4 Å². The fourth-order valence-corrected chi connectivity index (χ4v) is 0.663. The first kappa shape index (κ1) is 8.39. The monoisotopic (exact) mass is 310 g/mol. The topological polar surface area (TPSA) is 26.3 Å². The molecule has 0 spiro atoms.